The summed E-state index contributed by atoms with van der Waals surface area (Å²) < 4.78 is 5.91. The standard InChI is InChI=1S/C17H27N3O/c1-13(2)7-6-10-19-17(18-3)20-12-15-11-14-8-4-5-9-16(14)21-15/h4-5,8-9,13,15H,6-7,10-12H2,1-3H3,(H2,18,19,20). The third-order valence-electron chi connectivity index (χ3n) is 3.69. The first-order valence-electron chi connectivity index (χ1n) is 7.88. The summed E-state index contributed by atoms with van der Waals surface area (Å²) in [5.74, 6) is 2.63. The molecule has 1 aromatic carbocycles. The highest BCUT2D eigenvalue weighted by atomic mass is 16.5. The minimum absolute atomic E-state index is 0.191. The topological polar surface area (TPSA) is 45.7 Å². The molecule has 0 bridgehead atoms. The summed E-state index contributed by atoms with van der Waals surface area (Å²) in [6, 6.07) is 8.25. The molecule has 0 saturated heterocycles. The summed E-state index contributed by atoms with van der Waals surface area (Å²) in [5.41, 5.74) is 1.30. The van der Waals surface area contributed by atoms with Crippen molar-refractivity contribution in [3.8, 4) is 5.75 Å². The van der Waals surface area contributed by atoms with Gasteiger partial charge in [0.25, 0.3) is 0 Å². The Bertz CT molecular complexity index is 446. The lowest BCUT2D eigenvalue weighted by Crippen LogP contribution is -2.42. The molecule has 0 aromatic heterocycles. The smallest absolute Gasteiger partial charge is 0.191 e. The molecule has 1 aliphatic heterocycles. The van der Waals surface area contributed by atoms with E-state index >= 15 is 0 Å². The summed E-state index contributed by atoms with van der Waals surface area (Å²) in [7, 11) is 1.81. The molecule has 0 spiro atoms. The Morgan fingerprint density at radius 3 is 2.86 bits per heavy atom. The van der Waals surface area contributed by atoms with Crippen LogP contribution in [-0.4, -0.2) is 32.2 Å². The third kappa shape index (κ3) is 4.96. The Morgan fingerprint density at radius 1 is 1.33 bits per heavy atom. The van der Waals surface area contributed by atoms with Crippen LogP contribution in [0.1, 0.15) is 32.3 Å². The van der Waals surface area contributed by atoms with Gasteiger partial charge in [0.2, 0.25) is 0 Å². The van der Waals surface area contributed by atoms with Crippen LogP contribution >= 0.6 is 0 Å². The second kappa shape index (κ2) is 7.91. The average molecular weight is 289 g/mol. The molecule has 0 amide bonds. The van der Waals surface area contributed by atoms with Gasteiger partial charge in [0, 0.05) is 20.0 Å². The number of hydrogen-bond donors (Lipinski definition) is 2. The van der Waals surface area contributed by atoms with Crippen molar-refractivity contribution in [2.75, 3.05) is 20.1 Å². The van der Waals surface area contributed by atoms with Gasteiger partial charge in [-0.15, -0.1) is 0 Å². The fraction of sp³-hybridized carbons (Fsp3) is 0.588. The molecule has 0 radical (unpaired) electrons. The summed E-state index contributed by atoms with van der Waals surface area (Å²) in [4.78, 5) is 4.25. The Kier molecular flexibility index (Phi) is 5.90. The number of hydrogen-bond acceptors (Lipinski definition) is 2. The van der Waals surface area contributed by atoms with Crippen LogP contribution in [0.2, 0.25) is 0 Å². The molecule has 1 aliphatic rings. The minimum Gasteiger partial charge on any atom is -0.488 e. The van der Waals surface area contributed by atoms with E-state index in [0.717, 1.165) is 37.1 Å². The maximum Gasteiger partial charge on any atom is 0.191 e. The number of fused-ring (bicyclic) bond motifs is 1. The molecule has 1 aromatic rings. The first-order valence-corrected chi connectivity index (χ1v) is 7.88. The molecule has 4 heteroatoms. The van der Waals surface area contributed by atoms with Crippen molar-refractivity contribution >= 4 is 5.96 Å². The van der Waals surface area contributed by atoms with Crippen molar-refractivity contribution in [3.63, 3.8) is 0 Å². The highest BCUT2D eigenvalue weighted by molar-refractivity contribution is 5.79. The predicted octanol–water partition coefficient (Wildman–Crippen LogP) is 2.59. The van der Waals surface area contributed by atoms with Gasteiger partial charge in [-0.05, 0) is 30.4 Å². The lowest BCUT2D eigenvalue weighted by atomic mass is 10.1. The van der Waals surface area contributed by atoms with Crippen molar-refractivity contribution in [1.82, 2.24) is 10.6 Å². The van der Waals surface area contributed by atoms with E-state index in [2.05, 4.69) is 41.6 Å². The average Bonchev–Trinajstić information content (AvgIpc) is 2.89. The number of para-hydroxylation sites is 1. The highest BCUT2D eigenvalue weighted by Gasteiger charge is 2.22. The number of rotatable bonds is 6. The minimum atomic E-state index is 0.191. The molecular formula is C17H27N3O. The largest absolute Gasteiger partial charge is 0.488 e. The fourth-order valence-electron chi connectivity index (χ4n) is 2.52. The number of nitrogens with one attached hydrogen (secondary N) is 2. The van der Waals surface area contributed by atoms with E-state index in [0.29, 0.717) is 0 Å². The molecular weight excluding hydrogens is 262 g/mol. The number of benzene rings is 1. The molecule has 4 nitrogen and oxygen atoms in total. The van der Waals surface area contributed by atoms with E-state index in [1.165, 1.54) is 18.4 Å². The summed E-state index contributed by atoms with van der Waals surface area (Å²) in [6.07, 6.45) is 3.57. The molecule has 1 atom stereocenters. The zero-order chi connectivity index (χ0) is 15.1. The van der Waals surface area contributed by atoms with Gasteiger partial charge in [-0.1, -0.05) is 32.0 Å². The molecule has 2 rings (SSSR count). The number of nitrogens with zero attached hydrogens (tertiary/aromatic N) is 1. The summed E-state index contributed by atoms with van der Waals surface area (Å²) in [5, 5.41) is 6.70. The first-order chi connectivity index (χ1) is 10.2. The van der Waals surface area contributed by atoms with Crippen LogP contribution < -0.4 is 15.4 Å². The van der Waals surface area contributed by atoms with Crippen LogP contribution in [0.5, 0.6) is 5.75 Å². The van der Waals surface area contributed by atoms with E-state index in [1.807, 2.05) is 19.2 Å². The van der Waals surface area contributed by atoms with Crippen molar-refractivity contribution in [2.45, 2.75) is 39.2 Å². The molecule has 0 saturated carbocycles. The van der Waals surface area contributed by atoms with Gasteiger partial charge in [0.15, 0.2) is 5.96 Å². The second-order valence-corrected chi connectivity index (χ2v) is 5.97. The van der Waals surface area contributed by atoms with Gasteiger partial charge in [0.1, 0.15) is 11.9 Å². The lowest BCUT2D eigenvalue weighted by Gasteiger charge is -2.15. The second-order valence-electron chi connectivity index (χ2n) is 5.97. The zero-order valence-electron chi connectivity index (χ0n) is 13.4. The van der Waals surface area contributed by atoms with Crippen molar-refractivity contribution < 1.29 is 4.74 Å². The Morgan fingerprint density at radius 2 is 2.14 bits per heavy atom. The predicted molar refractivity (Wildman–Crippen MR) is 88.0 cm³/mol. The maximum absolute atomic E-state index is 5.91. The zero-order valence-corrected chi connectivity index (χ0v) is 13.4. The monoisotopic (exact) mass is 289 g/mol. The van der Waals surface area contributed by atoms with E-state index in [4.69, 9.17) is 4.74 Å². The SMILES string of the molecule is CN=C(NCCCC(C)C)NCC1Cc2ccccc2O1. The van der Waals surface area contributed by atoms with Gasteiger partial charge in [0.05, 0.1) is 6.54 Å². The van der Waals surface area contributed by atoms with Crippen LogP contribution in [0.3, 0.4) is 0 Å². The number of aliphatic imine (C=N–C) groups is 1. The van der Waals surface area contributed by atoms with Crippen LogP contribution in [0.25, 0.3) is 0 Å². The number of ether oxygens (including phenoxy) is 1. The van der Waals surface area contributed by atoms with Gasteiger partial charge in [-0.2, -0.15) is 0 Å². The van der Waals surface area contributed by atoms with Gasteiger partial charge < -0.3 is 15.4 Å². The third-order valence-corrected chi connectivity index (χ3v) is 3.69. The highest BCUT2D eigenvalue weighted by Crippen LogP contribution is 2.27. The Labute approximate surface area is 128 Å². The van der Waals surface area contributed by atoms with Crippen molar-refractivity contribution in [3.05, 3.63) is 29.8 Å². The van der Waals surface area contributed by atoms with Crippen LogP contribution in [0.4, 0.5) is 0 Å². The van der Waals surface area contributed by atoms with E-state index in [9.17, 15) is 0 Å². The molecule has 21 heavy (non-hydrogen) atoms. The van der Waals surface area contributed by atoms with Gasteiger partial charge in [-0.25, -0.2) is 0 Å². The van der Waals surface area contributed by atoms with E-state index in [1.54, 1.807) is 0 Å². The summed E-state index contributed by atoms with van der Waals surface area (Å²) in [6.45, 7) is 6.24. The van der Waals surface area contributed by atoms with Crippen molar-refractivity contribution in [2.24, 2.45) is 10.9 Å². The van der Waals surface area contributed by atoms with Crippen LogP contribution in [0, 0.1) is 5.92 Å². The Balaban J connectivity index is 1.68. The quantitative estimate of drug-likeness (QED) is 0.481. The summed E-state index contributed by atoms with van der Waals surface area (Å²) >= 11 is 0. The van der Waals surface area contributed by atoms with E-state index < -0.39 is 0 Å². The first kappa shape index (κ1) is 15.7. The van der Waals surface area contributed by atoms with E-state index in [-0.39, 0.29) is 6.10 Å². The molecule has 1 unspecified atom stereocenters. The lowest BCUT2D eigenvalue weighted by molar-refractivity contribution is 0.235. The molecule has 116 valence electrons. The van der Waals surface area contributed by atoms with Crippen molar-refractivity contribution in [1.29, 1.82) is 0 Å². The fourth-order valence-corrected chi connectivity index (χ4v) is 2.52. The normalized spacial score (nSPS) is 17.5. The van der Waals surface area contributed by atoms with Gasteiger partial charge in [-0.3, -0.25) is 4.99 Å². The Hall–Kier alpha value is -1.71. The maximum atomic E-state index is 5.91. The number of guanidine groups is 1. The van der Waals surface area contributed by atoms with Crippen LogP contribution in [-0.2, 0) is 6.42 Å². The molecule has 0 aliphatic carbocycles. The molecule has 0 fully saturated rings. The van der Waals surface area contributed by atoms with Crippen LogP contribution in [0.15, 0.2) is 29.3 Å². The molecule has 2 N–H and O–H groups in total. The van der Waals surface area contributed by atoms with Gasteiger partial charge >= 0.3 is 0 Å². The molecule has 1 heterocycles.